The fourth-order valence-corrected chi connectivity index (χ4v) is 2.83. The first kappa shape index (κ1) is 12.1. The molecule has 1 aromatic heterocycles. The maximum absolute atomic E-state index is 13.4. The third-order valence-electron chi connectivity index (χ3n) is 2.93. The highest BCUT2D eigenvalue weighted by molar-refractivity contribution is 7.10. The molecule has 0 saturated heterocycles. The Morgan fingerprint density at radius 3 is 2.65 bits per heavy atom. The van der Waals surface area contributed by atoms with Gasteiger partial charge in [-0.3, -0.25) is 0 Å². The number of aryl methyl sites for hydroxylation is 1. The van der Waals surface area contributed by atoms with Crippen LogP contribution in [0.2, 0.25) is 0 Å². The third kappa shape index (κ3) is 2.50. The van der Waals surface area contributed by atoms with E-state index in [2.05, 4.69) is 30.6 Å². The van der Waals surface area contributed by atoms with E-state index >= 15 is 0 Å². The van der Waals surface area contributed by atoms with E-state index in [-0.39, 0.29) is 11.9 Å². The second-order valence-electron chi connectivity index (χ2n) is 4.25. The highest BCUT2D eigenvalue weighted by Gasteiger charge is 2.11. The number of anilines is 1. The van der Waals surface area contributed by atoms with E-state index in [9.17, 15) is 4.39 Å². The van der Waals surface area contributed by atoms with Crippen LogP contribution in [-0.4, -0.2) is 0 Å². The lowest BCUT2D eigenvalue weighted by molar-refractivity contribution is 0.618. The van der Waals surface area contributed by atoms with Crippen LogP contribution in [0.5, 0.6) is 0 Å². The minimum atomic E-state index is -0.162. The van der Waals surface area contributed by atoms with E-state index in [0.717, 1.165) is 5.69 Å². The Hall–Kier alpha value is -1.35. The van der Waals surface area contributed by atoms with E-state index in [1.807, 2.05) is 6.07 Å². The van der Waals surface area contributed by atoms with Gasteiger partial charge in [0.2, 0.25) is 0 Å². The van der Waals surface area contributed by atoms with Gasteiger partial charge in [0.05, 0.1) is 6.04 Å². The number of halogens is 1. The summed E-state index contributed by atoms with van der Waals surface area (Å²) in [6.07, 6.45) is 0. The molecule has 90 valence electrons. The molecule has 1 N–H and O–H groups in total. The molecule has 1 aromatic carbocycles. The molecule has 0 bridgehead atoms. The van der Waals surface area contributed by atoms with Gasteiger partial charge in [0.15, 0.2) is 0 Å². The Morgan fingerprint density at radius 1 is 1.24 bits per heavy atom. The second-order valence-corrected chi connectivity index (χ2v) is 5.19. The lowest BCUT2D eigenvalue weighted by Crippen LogP contribution is -2.07. The zero-order valence-corrected chi connectivity index (χ0v) is 11.1. The van der Waals surface area contributed by atoms with Gasteiger partial charge in [-0.2, -0.15) is 0 Å². The average Bonchev–Trinajstić information content (AvgIpc) is 2.71. The Balaban J connectivity index is 2.22. The number of thiophene rings is 1. The summed E-state index contributed by atoms with van der Waals surface area (Å²) in [5.41, 5.74) is 2.82. The fraction of sp³-hybridized carbons (Fsp3) is 0.286. The average molecular weight is 249 g/mol. The van der Waals surface area contributed by atoms with Crippen molar-refractivity contribution >= 4 is 17.0 Å². The maximum Gasteiger partial charge on any atom is 0.128 e. The van der Waals surface area contributed by atoms with Crippen LogP contribution in [0, 0.1) is 19.7 Å². The van der Waals surface area contributed by atoms with E-state index in [1.54, 1.807) is 24.3 Å². The molecule has 1 atom stereocenters. The van der Waals surface area contributed by atoms with Gasteiger partial charge in [-0.1, -0.05) is 6.07 Å². The quantitative estimate of drug-likeness (QED) is 0.833. The molecular weight excluding hydrogens is 233 g/mol. The molecule has 0 spiro atoms. The molecule has 0 radical (unpaired) electrons. The van der Waals surface area contributed by atoms with Crippen molar-refractivity contribution in [2.24, 2.45) is 0 Å². The molecule has 2 rings (SSSR count). The molecule has 3 heteroatoms. The van der Waals surface area contributed by atoms with Crippen molar-refractivity contribution in [2.45, 2.75) is 26.8 Å². The first-order chi connectivity index (χ1) is 8.09. The van der Waals surface area contributed by atoms with Gasteiger partial charge < -0.3 is 5.32 Å². The highest BCUT2D eigenvalue weighted by atomic mass is 32.1. The molecule has 0 saturated carbocycles. The lowest BCUT2D eigenvalue weighted by Gasteiger charge is -2.17. The highest BCUT2D eigenvalue weighted by Crippen LogP contribution is 2.28. The van der Waals surface area contributed by atoms with Crippen LogP contribution in [0.15, 0.2) is 29.6 Å². The van der Waals surface area contributed by atoms with Crippen molar-refractivity contribution in [3.63, 3.8) is 0 Å². The first-order valence-corrected chi connectivity index (χ1v) is 6.53. The van der Waals surface area contributed by atoms with Crippen LogP contribution in [-0.2, 0) is 0 Å². The molecule has 1 nitrogen and oxygen atoms in total. The summed E-state index contributed by atoms with van der Waals surface area (Å²) < 4.78 is 13.4. The van der Waals surface area contributed by atoms with Gasteiger partial charge in [0, 0.05) is 16.1 Å². The molecule has 0 amide bonds. The lowest BCUT2D eigenvalue weighted by atomic mass is 10.1. The predicted molar refractivity (Wildman–Crippen MR) is 72.2 cm³/mol. The molecular formula is C14H16FNS. The van der Waals surface area contributed by atoms with Crippen molar-refractivity contribution in [3.8, 4) is 0 Å². The van der Waals surface area contributed by atoms with Crippen molar-refractivity contribution in [1.29, 1.82) is 0 Å². The van der Waals surface area contributed by atoms with Crippen LogP contribution < -0.4 is 5.32 Å². The van der Waals surface area contributed by atoms with Crippen molar-refractivity contribution in [2.75, 3.05) is 5.32 Å². The smallest absolute Gasteiger partial charge is 0.128 e. The van der Waals surface area contributed by atoms with Gasteiger partial charge in [-0.15, -0.1) is 11.3 Å². The van der Waals surface area contributed by atoms with Gasteiger partial charge in [-0.25, -0.2) is 4.39 Å². The number of rotatable bonds is 3. The predicted octanol–water partition coefficient (Wildman–Crippen LogP) is 4.68. The minimum absolute atomic E-state index is 0.162. The monoisotopic (exact) mass is 249 g/mol. The fourth-order valence-electron chi connectivity index (χ4n) is 1.89. The summed E-state index contributed by atoms with van der Waals surface area (Å²) in [6.45, 7) is 6.00. The summed E-state index contributed by atoms with van der Waals surface area (Å²) in [5, 5.41) is 5.45. The summed E-state index contributed by atoms with van der Waals surface area (Å²) in [7, 11) is 0. The van der Waals surface area contributed by atoms with Gasteiger partial charge >= 0.3 is 0 Å². The van der Waals surface area contributed by atoms with E-state index in [0.29, 0.717) is 5.56 Å². The zero-order valence-electron chi connectivity index (χ0n) is 10.3. The molecule has 1 heterocycles. The maximum atomic E-state index is 13.4. The minimum Gasteiger partial charge on any atom is -0.377 e. The standard InChI is InChI=1S/C14H16FNS/c1-9-7-8-17-14(9)11(3)16-13-6-4-5-12(15)10(13)2/h4-8,11,16H,1-3H3. The normalized spacial score (nSPS) is 12.5. The number of nitrogens with one attached hydrogen (secondary N) is 1. The van der Waals surface area contributed by atoms with Gasteiger partial charge in [-0.05, 0) is 49.9 Å². The molecule has 1 unspecified atom stereocenters. The Kier molecular flexibility index (Phi) is 3.48. The molecule has 0 aliphatic heterocycles. The molecule has 0 aliphatic rings. The van der Waals surface area contributed by atoms with Crippen molar-refractivity contribution in [1.82, 2.24) is 0 Å². The van der Waals surface area contributed by atoms with Gasteiger partial charge in [0.1, 0.15) is 5.82 Å². The third-order valence-corrected chi connectivity index (χ3v) is 4.14. The summed E-state index contributed by atoms with van der Waals surface area (Å²) >= 11 is 1.73. The number of hydrogen-bond acceptors (Lipinski definition) is 2. The zero-order chi connectivity index (χ0) is 12.4. The van der Waals surface area contributed by atoms with Gasteiger partial charge in [0.25, 0.3) is 0 Å². The van der Waals surface area contributed by atoms with Crippen molar-refractivity contribution in [3.05, 3.63) is 51.5 Å². The largest absolute Gasteiger partial charge is 0.377 e. The van der Waals surface area contributed by atoms with E-state index < -0.39 is 0 Å². The number of hydrogen-bond donors (Lipinski definition) is 1. The Bertz CT molecular complexity index is 519. The molecule has 2 aromatic rings. The van der Waals surface area contributed by atoms with Crippen LogP contribution in [0.3, 0.4) is 0 Å². The van der Waals surface area contributed by atoms with Crippen LogP contribution in [0.4, 0.5) is 10.1 Å². The molecule has 0 aliphatic carbocycles. The van der Waals surface area contributed by atoms with Crippen LogP contribution in [0.1, 0.15) is 29.0 Å². The van der Waals surface area contributed by atoms with E-state index in [1.165, 1.54) is 16.5 Å². The summed E-state index contributed by atoms with van der Waals surface area (Å²) in [4.78, 5) is 1.30. The van der Waals surface area contributed by atoms with Crippen LogP contribution in [0.25, 0.3) is 0 Å². The topological polar surface area (TPSA) is 12.0 Å². The summed E-state index contributed by atoms with van der Waals surface area (Å²) in [6, 6.07) is 7.45. The molecule has 17 heavy (non-hydrogen) atoms. The Labute approximate surface area is 105 Å². The number of benzene rings is 1. The summed E-state index contributed by atoms with van der Waals surface area (Å²) in [5.74, 6) is -0.162. The first-order valence-electron chi connectivity index (χ1n) is 5.65. The SMILES string of the molecule is Cc1ccsc1C(C)Nc1cccc(F)c1C. The van der Waals surface area contributed by atoms with Crippen LogP contribution >= 0.6 is 11.3 Å². The molecule has 0 fully saturated rings. The second kappa shape index (κ2) is 4.88. The van der Waals surface area contributed by atoms with E-state index in [4.69, 9.17) is 0 Å². The Morgan fingerprint density at radius 2 is 2.00 bits per heavy atom. The van der Waals surface area contributed by atoms with Crippen molar-refractivity contribution < 1.29 is 4.39 Å².